The van der Waals surface area contributed by atoms with E-state index in [0.29, 0.717) is 6.61 Å². The number of benzene rings is 1. The van der Waals surface area contributed by atoms with Gasteiger partial charge < -0.3 is 15.4 Å². The van der Waals surface area contributed by atoms with Crippen LogP contribution in [0, 0.1) is 5.82 Å². The fraction of sp³-hybridized carbons (Fsp3) is 0.467. The van der Waals surface area contributed by atoms with Crippen molar-refractivity contribution in [3.05, 3.63) is 30.1 Å². The summed E-state index contributed by atoms with van der Waals surface area (Å²) in [6, 6.07) is 5.46. The summed E-state index contributed by atoms with van der Waals surface area (Å²) in [6.07, 6.45) is 2.63. The van der Waals surface area contributed by atoms with E-state index in [1.165, 1.54) is 25.3 Å². The standard InChI is InChI=1S/C15H21FN2O3/c1-3-4-7-11(10-21-2)17-14(19)15(20)18-13-9-6-5-8-12(13)16/h5-6,8-9,11H,3-4,7,10H2,1-2H3,(H,17,19)(H,18,20)/t11-/m0/s1. The third-order valence-corrected chi connectivity index (χ3v) is 2.94. The first-order valence-corrected chi connectivity index (χ1v) is 6.93. The summed E-state index contributed by atoms with van der Waals surface area (Å²) in [7, 11) is 1.53. The van der Waals surface area contributed by atoms with Gasteiger partial charge in [-0.2, -0.15) is 0 Å². The van der Waals surface area contributed by atoms with Crippen LogP contribution in [-0.2, 0) is 14.3 Å². The van der Waals surface area contributed by atoms with Gasteiger partial charge in [-0.1, -0.05) is 31.9 Å². The molecule has 0 aliphatic carbocycles. The van der Waals surface area contributed by atoms with Gasteiger partial charge >= 0.3 is 11.8 Å². The fourth-order valence-electron chi connectivity index (χ4n) is 1.84. The average molecular weight is 296 g/mol. The van der Waals surface area contributed by atoms with Gasteiger partial charge in [-0.15, -0.1) is 0 Å². The van der Waals surface area contributed by atoms with E-state index in [0.717, 1.165) is 19.3 Å². The summed E-state index contributed by atoms with van der Waals surface area (Å²) < 4.78 is 18.4. The molecule has 5 nitrogen and oxygen atoms in total. The largest absolute Gasteiger partial charge is 0.383 e. The summed E-state index contributed by atoms with van der Waals surface area (Å²) >= 11 is 0. The molecule has 1 atom stereocenters. The third kappa shape index (κ3) is 5.91. The lowest BCUT2D eigenvalue weighted by atomic mass is 10.1. The van der Waals surface area contributed by atoms with E-state index >= 15 is 0 Å². The third-order valence-electron chi connectivity index (χ3n) is 2.94. The van der Waals surface area contributed by atoms with Gasteiger partial charge in [0.2, 0.25) is 0 Å². The first kappa shape index (κ1) is 17.1. The highest BCUT2D eigenvalue weighted by Crippen LogP contribution is 2.12. The van der Waals surface area contributed by atoms with Gasteiger partial charge in [-0.05, 0) is 18.6 Å². The lowest BCUT2D eigenvalue weighted by molar-refractivity contribution is -0.136. The fourth-order valence-corrected chi connectivity index (χ4v) is 1.84. The van der Waals surface area contributed by atoms with E-state index < -0.39 is 17.6 Å². The summed E-state index contributed by atoms with van der Waals surface area (Å²) in [4.78, 5) is 23.6. The molecule has 2 amide bonds. The number of halogens is 1. The molecule has 6 heteroatoms. The van der Waals surface area contributed by atoms with Crippen molar-refractivity contribution >= 4 is 17.5 Å². The van der Waals surface area contributed by atoms with Gasteiger partial charge in [0.05, 0.1) is 18.3 Å². The second kappa shape index (κ2) is 9.07. The first-order chi connectivity index (χ1) is 10.1. The maximum absolute atomic E-state index is 13.4. The number of para-hydroxylation sites is 1. The Morgan fingerprint density at radius 3 is 2.62 bits per heavy atom. The molecular weight excluding hydrogens is 275 g/mol. The molecule has 0 aliphatic heterocycles. The van der Waals surface area contributed by atoms with Crippen LogP contribution in [0.25, 0.3) is 0 Å². The number of ether oxygens (including phenoxy) is 1. The average Bonchev–Trinajstić information content (AvgIpc) is 2.47. The lowest BCUT2D eigenvalue weighted by Gasteiger charge is -2.17. The van der Waals surface area contributed by atoms with Crippen LogP contribution in [0.1, 0.15) is 26.2 Å². The quantitative estimate of drug-likeness (QED) is 0.757. The Morgan fingerprint density at radius 2 is 2.00 bits per heavy atom. The summed E-state index contributed by atoms with van der Waals surface area (Å²) in [5.74, 6) is -2.27. The van der Waals surface area contributed by atoms with Crippen LogP contribution in [0.3, 0.4) is 0 Å². The van der Waals surface area contributed by atoms with Crippen molar-refractivity contribution in [1.29, 1.82) is 0 Å². The van der Waals surface area contributed by atoms with E-state index in [4.69, 9.17) is 4.74 Å². The highest BCUT2D eigenvalue weighted by molar-refractivity contribution is 6.39. The van der Waals surface area contributed by atoms with Crippen LogP contribution >= 0.6 is 0 Å². The number of carbonyl (C=O) groups is 2. The van der Waals surface area contributed by atoms with Gasteiger partial charge in [0.15, 0.2) is 0 Å². The van der Waals surface area contributed by atoms with Crippen molar-refractivity contribution in [2.75, 3.05) is 19.0 Å². The Balaban J connectivity index is 2.56. The van der Waals surface area contributed by atoms with Crippen LogP contribution in [0.5, 0.6) is 0 Å². The van der Waals surface area contributed by atoms with Crippen LogP contribution in [-0.4, -0.2) is 31.6 Å². The zero-order valence-corrected chi connectivity index (χ0v) is 12.3. The van der Waals surface area contributed by atoms with Crippen molar-refractivity contribution in [2.24, 2.45) is 0 Å². The van der Waals surface area contributed by atoms with E-state index in [1.54, 1.807) is 6.07 Å². The van der Waals surface area contributed by atoms with Crippen molar-refractivity contribution in [3.8, 4) is 0 Å². The molecule has 0 saturated carbocycles. The van der Waals surface area contributed by atoms with Crippen molar-refractivity contribution in [3.63, 3.8) is 0 Å². The maximum Gasteiger partial charge on any atom is 0.313 e. The predicted molar refractivity (Wildman–Crippen MR) is 78.4 cm³/mol. The van der Waals surface area contributed by atoms with Crippen LogP contribution in [0.2, 0.25) is 0 Å². The molecule has 0 saturated heterocycles. The molecule has 0 aromatic heterocycles. The molecule has 21 heavy (non-hydrogen) atoms. The number of unbranched alkanes of at least 4 members (excludes halogenated alkanes) is 1. The highest BCUT2D eigenvalue weighted by atomic mass is 19.1. The number of rotatable bonds is 7. The molecule has 2 N–H and O–H groups in total. The number of methoxy groups -OCH3 is 1. The number of carbonyl (C=O) groups excluding carboxylic acids is 2. The minimum Gasteiger partial charge on any atom is -0.383 e. The van der Waals surface area contributed by atoms with Gasteiger partial charge in [-0.3, -0.25) is 9.59 Å². The zero-order chi connectivity index (χ0) is 15.7. The molecule has 0 radical (unpaired) electrons. The van der Waals surface area contributed by atoms with Crippen LogP contribution in [0.4, 0.5) is 10.1 Å². The SMILES string of the molecule is CCCC[C@@H](COC)NC(=O)C(=O)Nc1ccccc1F. The number of amides is 2. The van der Waals surface area contributed by atoms with Gasteiger partial charge in [0, 0.05) is 7.11 Å². The number of hydrogen-bond acceptors (Lipinski definition) is 3. The molecule has 1 aromatic carbocycles. The minimum atomic E-state index is -0.891. The Kier molecular flexibility index (Phi) is 7.39. The smallest absolute Gasteiger partial charge is 0.313 e. The zero-order valence-electron chi connectivity index (χ0n) is 12.3. The normalized spacial score (nSPS) is 11.8. The van der Waals surface area contributed by atoms with Crippen LogP contribution in [0.15, 0.2) is 24.3 Å². The topological polar surface area (TPSA) is 67.4 Å². The summed E-state index contributed by atoms with van der Waals surface area (Å²) in [5, 5.41) is 4.84. The van der Waals surface area contributed by atoms with E-state index in [2.05, 4.69) is 10.6 Å². The molecule has 0 heterocycles. The highest BCUT2D eigenvalue weighted by Gasteiger charge is 2.19. The van der Waals surface area contributed by atoms with Gasteiger partial charge in [0.25, 0.3) is 0 Å². The molecule has 1 rings (SSSR count). The van der Waals surface area contributed by atoms with E-state index in [9.17, 15) is 14.0 Å². The summed E-state index contributed by atoms with van der Waals surface area (Å²) in [5.41, 5.74) is -0.0190. The van der Waals surface area contributed by atoms with E-state index in [1.807, 2.05) is 6.92 Å². The van der Waals surface area contributed by atoms with Gasteiger partial charge in [0.1, 0.15) is 5.82 Å². The monoisotopic (exact) mass is 296 g/mol. The van der Waals surface area contributed by atoms with E-state index in [-0.39, 0.29) is 11.7 Å². The Morgan fingerprint density at radius 1 is 1.29 bits per heavy atom. The maximum atomic E-state index is 13.4. The Bertz CT molecular complexity index is 480. The van der Waals surface area contributed by atoms with Crippen molar-refractivity contribution in [2.45, 2.75) is 32.2 Å². The van der Waals surface area contributed by atoms with Crippen LogP contribution < -0.4 is 10.6 Å². The van der Waals surface area contributed by atoms with Crippen molar-refractivity contribution < 1.29 is 18.7 Å². The second-order valence-electron chi connectivity index (χ2n) is 4.70. The molecule has 0 unspecified atom stereocenters. The second-order valence-corrected chi connectivity index (χ2v) is 4.70. The Labute approximate surface area is 123 Å². The Hall–Kier alpha value is -1.95. The molecule has 116 valence electrons. The predicted octanol–water partition coefficient (Wildman–Crippen LogP) is 2.09. The molecule has 0 aliphatic rings. The molecule has 0 bridgehead atoms. The molecular formula is C15H21FN2O3. The van der Waals surface area contributed by atoms with Gasteiger partial charge in [-0.25, -0.2) is 4.39 Å². The molecule has 1 aromatic rings. The minimum absolute atomic E-state index is 0.0190. The number of anilines is 1. The summed E-state index contributed by atoms with van der Waals surface area (Å²) in [6.45, 7) is 2.37. The molecule has 0 spiro atoms. The number of nitrogens with one attached hydrogen (secondary N) is 2. The lowest BCUT2D eigenvalue weighted by Crippen LogP contribution is -2.44. The number of hydrogen-bond donors (Lipinski definition) is 2. The molecule has 0 fully saturated rings. The first-order valence-electron chi connectivity index (χ1n) is 6.93. The van der Waals surface area contributed by atoms with Crippen molar-refractivity contribution in [1.82, 2.24) is 5.32 Å².